The van der Waals surface area contributed by atoms with Gasteiger partial charge in [-0.15, -0.1) is 0 Å². The number of benzene rings is 1. The zero-order valence-corrected chi connectivity index (χ0v) is 11.7. The molecule has 20 heavy (non-hydrogen) atoms. The average Bonchev–Trinajstić information content (AvgIpc) is 2.38. The van der Waals surface area contributed by atoms with Gasteiger partial charge in [-0.25, -0.2) is 4.39 Å². The summed E-state index contributed by atoms with van der Waals surface area (Å²) < 4.78 is 19.1. The Kier molecular flexibility index (Phi) is 4.23. The lowest BCUT2D eigenvalue weighted by atomic mass is 9.90. The molecule has 5 nitrogen and oxygen atoms in total. The van der Waals surface area contributed by atoms with Crippen molar-refractivity contribution in [1.29, 1.82) is 0 Å². The van der Waals surface area contributed by atoms with Crippen LogP contribution in [-0.4, -0.2) is 23.2 Å². The average molecular weight is 282 g/mol. The van der Waals surface area contributed by atoms with Gasteiger partial charge in [-0.05, 0) is 32.3 Å². The van der Waals surface area contributed by atoms with E-state index >= 15 is 0 Å². The summed E-state index contributed by atoms with van der Waals surface area (Å²) in [6, 6.07) is 3.70. The van der Waals surface area contributed by atoms with Gasteiger partial charge in [0.15, 0.2) is 0 Å². The first-order valence-electron chi connectivity index (χ1n) is 6.77. The minimum Gasteiger partial charge on any atom is -0.382 e. The Balaban J connectivity index is 2.11. The number of anilines is 1. The third-order valence-electron chi connectivity index (χ3n) is 3.81. The second-order valence-electron chi connectivity index (χ2n) is 5.44. The van der Waals surface area contributed by atoms with Crippen molar-refractivity contribution in [1.82, 2.24) is 0 Å². The first kappa shape index (κ1) is 14.7. The number of hydrogen-bond donors (Lipinski definition) is 1. The highest BCUT2D eigenvalue weighted by atomic mass is 19.1. The smallest absolute Gasteiger partial charge is 0.274 e. The van der Waals surface area contributed by atoms with Gasteiger partial charge in [-0.3, -0.25) is 10.1 Å². The SMILES string of the molecule is CCC1(C)CC(Nc2cc(F)cc([N+](=O)[O-])c2)CCO1. The van der Waals surface area contributed by atoms with Crippen LogP contribution in [0.5, 0.6) is 0 Å². The summed E-state index contributed by atoms with van der Waals surface area (Å²) in [6.45, 7) is 4.75. The van der Waals surface area contributed by atoms with Crippen LogP contribution in [0.2, 0.25) is 0 Å². The largest absolute Gasteiger partial charge is 0.382 e. The van der Waals surface area contributed by atoms with E-state index < -0.39 is 10.7 Å². The van der Waals surface area contributed by atoms with Gasteiger partial charge in [0.25, 0.3) is 5.69 Å². The molecule has 0 aromatic heterocycles. The van der Waals surface area contributed by atoms with Crippen LogP contribution in [0, 0.1) is 15.9 Å². The molecular weight excluding hydrogens is 263 g/mol. The summed E-state index contributed by atoms with van der Waals surface area (Å²) in [6.07, 6.45) is 2.50. The normalized spacial score (nSPS) is 26.2. The molecule has 0 bridgehead atoms. The quantitative estimate of drug-likeness (QED) is 0.678. The lowest BCUT2D eigenvalue weighted by Crippen LogP contribution is -2.41. The third kappa shape index (κ3) is 3.45. The Morgan fingerprint density at radius 1 is 1.55 bits per heavy atom. The standard InChI is InChI=1S/C14H19FN2O3/c1-3-14(2)9-11(4-5-20-14)16-12-6-10(15)7-13(8-12)17(18)19/h6-8,11,16H,3-5,9H2,1-2H3. The maximum absolute atomic E-state index is 13.4. The molecule has 1 N–H and O–H groups in total. The van der Waals surface area contributed by atoms with Crippen LogP contribution in [0.4, 0.5) is 15.8 Å². The molecule has 1 fully saturated rings. The zero-order valence-electron chi connectivity index (χ0n) is 11.7. The van der Waals surface area contributed by atoms with Crippen molar-refractivity contribution in [2.45, 2.75) is 44.8 Å². The molecular formula is C14H19FN2O3. The first-order valence-corrected chi connectivity index (χ1v) is 6.77. The van der Waals surface area contributed by atoms with Crippen molar-refractivity contribution in [2.75, 3.05) is 11.9 Å². The summed E-state index contributed by atoms with van der Waals surface area (Å²) in [5.74, 6) is -0.605. The summed E-state index contributed by atoms with van der Waals surface area (Å²) in [5, 5.41) is 13.9. The summed E-state index contributed by atoms with van der Waals surface area (Å²) in [5.41, 5.74) is 0.0229. The highest BCUT2D eigenvalue weighted by molar-refractivity contribution is 5.52. The predicted octanol–water partition coefficient (Wildman–Crippen LogP) is 3.49. The lowest BCUT2D eigenvalue weighted by molar-refractivity contribution is -0.385. The van der Waals surface area contributed by atoms with E-state index in [1.165, 1.54) is 12.1 Å². The van der Waals surface area contributed by atoms with E-state index in [1.54, 1.807) is 0 Å². The zero-order chi connectivity index (χ0) is 14.8. The van der Waals surface area contributed by atoms with Gasteiger partial charge in [0.2, 0.25) is 0 Å². The van der Waals surface area contributed by atoms with Crippen LogP contribution < -0.4 is 5.32 Å². The molecule has 2 rings (SSSR count). The van der Waals surface area contributed by atoms with Crippen LogP contribution in [0.15, 0.2) is 18.2 Å². The van der Waals surface area contributed by atoms with Crippen LogP contribution in [0.1, 0.15) is 33.1 Å². The number of nitrogens with one attached hydrogen (secondary N) is 1. The molecule has 1 aromatic carbocycles. The first-order chi connectivity index (χ1) is 9.42. The van der Waals surface area contributed by atoms with E-state index in [2.05, 4.69) is 19.2 Å². The molecule has 2 unspecified atom stereocenters. The third-order valence-corrected chi connectivity index (χ3v) is 3.81. The Morgan fingerprint density at radius 2 is 2.30 bits per heavy atom. The molecule has 0 radical (unpaired) electrons. The van der Waals surface area contributed by atoms with Crippen LogP contribution >= 0.6 is 0 Å². The predicted molar refractivity (Wildman–Crippen MR) is 74.3 cm³/mol. The fourth-order valence-corrected chi connectivity index (χ4v) is 2.50. The Bertz CT molecular complexity index is 509. The molecule has 1 aliphatic heterocycles. The summed E-state index contributed by atoms with van der Waals surface area (Å²) in [4.78, 5) is 10.1. The second kappa shape index (κ2) is 5.75. The van der Waals surface area contributed by atoms with E-state index in [9.17, 15) is 14.5 Å². The van der Waals surface area contributed by atoms with Crippen molar-refractivity contribution < 1.29 is 14.1 Å². The van der Waals surface area contributed by atoms with Gasteiger partial charge < -0.3 is 10.1 Å². The maximum Gasteiger partial charge on any atom is 0.274 e. The van der Waals surface area contributed by atoms with Crippen molar-refractivity contribution in [3.8, 4) is 0 Å². The van der Waals surface area contributed by atoms with E-state index in [0.29, 0.717) is 12.3 Å². The molecule has 0 spiro atoms. The van der Waals surface area contributed by atoms with Gasteiger partial charge in [0, 0.05) is 24.4 Å². The molecule has 6 heteroatoms. The Labute approximate surface area is 117 Å². The van der Waals surface area contributed by atoms with Crippen molar-refractivity contribution in [2.24, 2.45) is 0 Å². The van der Waals surface area contributed by atoms with Crippen LogP contribution in [0.3, 0.4) is 0 Å². The second-order valence-corrected chi connectivity index (χ2v) is 5.44. The minimum absolute atomic E-state index is 0.134. The van der Waals surface area contributed by atoms with Gasteiger partial charge >= 0.3 is 0 Å². The number of non-ortho nitro benzene ring substituents is 1. The van der Waals surface area contributed by atoms with Gasteiger partial charge in [0.1, 0.15) is 5.82 Å². The fourth-order valence-electron chi connectivity index (χ4n) is 2.50. The van der Waals surface area contributed by atoms with E-state index in [-0.39, 0.29) is 17.3 Å². The number of nitro groups is 1. The number of halogens is 1. The Hall–Kier alpha value is -1.69. The number of nitrogens with zero attached hydrogens (tertiary/aromatic N) is 1. The molecule has 1 heterocycles. The van der Waals surface area contributed by atoms with Gasteiger partial charge in [-0.2, -0.15) is 0 Å². The molecule has 1 saturated heterocycles. The van der Waals surface area contributed by atoms with Crippen molar-refractivity contribution in [3.05, 3.63) is 34.1 Å². The van der Waals surface area contributed by atoms with Crippen LogP contribution in [0.25, 0.3) is 0 Å². The molecule has 1 aromatic rings. The number of rotatable bonds is 4. The van der Waals surface area contributed by atoms with E-state index in [0.717, 1.165) is 25.3 Å². The lowest BCUT2D eigenvalue weighted by Gasteiger charge is -2.38. The maximum atomic E-state index is 13.4. The molecule has 0 aliphatic carbocycles. The molecule has 1 aliphatic rings. The summed E-state index contributed by atoms with van der Waals surface area (Å²) in [7, 11) is 0. The van der Waals surface area contributed by atoms with Crippen molar-refractivity contribution in [3.63, 3.8) is 0 Å². The topological polar surface area (TPSA) is 64.4 Å². The minimum atomic E-state index is -0.605. The molecule has 110 valence electrons. The van der Waals surface area contributed by atoms with Gasteiger partial charge in [-0.1, -0.05) is 6.92 Å². The highest BCUT2D eigenvalue weighted by Crippen LogP contribution is 2.30. The summed E-state index contributed by atoms with van der Waals surface area (Å²) >= 11 is 0. The highest BCUT2D eigenvalue weighted by Gasteiger charge is 2.31. The Morgan fingerprint density at radius 3 is 2.95 bits per heavy atom. The van der Waals surface area contributed by atoms with Crippen molar-refractivity contribution >= 4 is 11.4 Å². The van der Waals surface area contributed by atoms with Crippen LogP contribution in [-0.2, 0) is 4.74 Å². The number of hydrogen-bond acceptors (Lipinski definition) is 4. The van der Waals surface area contributed by atoms with E-state index in [1.807, 2.05) is 0 Å². The monoisotopic (exact) mass is 282 g/mol. The molecule has 0 saturated carbocycles. The fraction of sp³-hybridized carbons (Fsp3) is 0.571. The number of ether oxygens (including phenoxy) is 1. The molecule has 0 amide bonds. The molecule has 2 atom stereocenters. The van der Waals surface area contributed by atoms with Gasteiger partial charge in [0.05, 0.1) is 16.6 Å². The van der Waals surface area contributed by atoms with E-state index in [4.69, 9.17) is 4.74 Å². The number of nitro benzene ring substituents is 1.